The highest BCUT2D eigenvalue weighted by molar-refractivity contribution is 5.82. The van der Waals surface area contributed by atoms with Gasteiger partial charge in [-0.1, -0.05) is 18.6 Å². The molecule has 1 aromatic carbocycles. The molecule has 0 aromatic heterocycles. The Balaban J connectivity index is 2.28. The molecule has 1 fully saturated rings. The van der Waals surface area contributed by atoms with Crippen LogP contribution < -0.4 is 0 Å². The lowest BCUT2D eigenvalue weighted by atomic mass is 9.76. The van der Waals surface area contributed by atoms with Gasteiger partial charge in [-0.15, -0.1) is 0 Å². The van der Waals surface area contributed by atoms with Gasteiger partial charge in [0.2, 0.25) is 6.54 Å². The summed E-state index contributed by atoms with van der Waals surface area (Å²) in [5.74, 6) is -1.17. The van der Waals surface area contributed by atoms with Gasteiger partial charge in [-0.2, -0.15) is 13.2 Å². The van der Waals surface area contributed by atoms with Gasteiger partial charge < -0.3 is 0 Å². The third kappa shape index (κ3) is 3.84. The first-order valence-corrected chi connectivity index (χ1v) is 7.10. The first kappa shape index (κ1) is 16.5. The van der Waals surface area contributed by atoms with E-state index in [1.165, 1.54) is 12.1 Å². The summed E-state index contributed by atoms with van der Waals surface area (Å²) in [4.78, 5) is 22.4. The molecule has 2 atom stereocenters. The second-order valence-corrected chi connectivity index (χ2v) is 5.56. The second kappa shape index (κ2) is 6.46. The van der Waals surface area contributed by atoms with Crippen molar-refractivity contribution in [1.29, 1.82) is 0 Å². The van der Waals surface area contributed by atoms with Crippen LogP contribution in [-0.2, 0) is 11.0 Å². The van der Waals surface area contributed by atoms with Crippen LogP contribution in [-0.4, -0.2) is 17.3 Å². The standard InChI is InChI=1S/C15H16F3NO3/c16-15(17,18)11-7-5-10(6-8-11)13(9-19(21)22)12-3-1-2-4-14(12)20/h5-8,12-13H,1-4,9H2/t12-,13-/m0/s1. The van der Waals surface area contributed by atoms with E-state index < -0.39 is 35.0 Å². The molecule has 22 heavy (non-hydrogen) atoms. The van der Waals surface area contributed by atoms with Crippen molar-refractivity contribution in [3.8, 4) is 0 Å². The van der Waals surface area contributed by atoms with Crippen LogP contribution in [0.2, 0.25) is 0 Å². The minimum Gasteiger partial charge on any atom is -0.299 e. The molecule has 0 bridgehead atoms. The van der Waals surface area contributed by atoms with Gasteiger partial charge in [0, 0.05) is 17.3 Å². The molecule has 0 aliphatic heterocycles. The molecule has 0 N–H and O–H groups in total. The fourth-order valence-corrected chi connectivity index (χ4v) is 2.98. The quantitative estimate of drug-likeness (QED) is 0.627. The first-order chi connectivity index (χ1) is 10.3. The molecule has 0 unspecified atom stereocenters. The minimum atomic E-state index is -4.45. The number of Topliss-reactive ketones (excluding diaryl/α,β-unsaturated/α-hetero) is 1. The maximum atomic E-state index is 12.6. The molecule has 7 heteroatoms. The lowest BCUT2D eigenvalue weighted by Gasteiger charge is -2.27. The Hall–Kier alpha value is -1.92. The topological polar surface area (TPSA) is 60.2 Å². The lowest BCUT2D eigenvalue weighted by Crippen LogP contribution is -2.30. The van der Waals surface area contributed by atoms with Gasteiger partial charge in [0.05, 0.1) is 11.5 Å². The van der Waals surface area contributed by atoms with E-state index in [-0.39, 0.29) is 5.78 Å². The summed E-state index contributed by atoms with van der Waals surface area (Å²) in [6.07, 6.45) is -1.92. The van der Waals surface area contributed by atoms with Crippen LogP contribution in [0.5, 0.6) is 0 Å². The number of carbonyl (C=O) groups is 1. The average Bonchev–Trinajstić information content (AvgIpc) is 2.45. The van der Waals surface area contributed by atoms with E-state index in [1.807, 2.05) is 0 Å². The smallest absolute Gasteiger partial charge is 0.299 e. The van der Waals surface area contributed by atoms with Crippen molar-refractivity contribution in [3.05, 3.63) is 45.5 Å². The van der Waals surface area contributed by atoms with E-state index in [1.54, 1.807) is 0 Å². The molecule has 0 radical (unpaired) electrons. The monoisotopic (exact) mass is 315 g/mol. The van der Waals surface area contributed by atoms with E-state index in [4.69, 9.17) is 0 Å². The molecule has 1 aromatic rings. The molecule has 0 amide bonds. The number of benzene rings is 1. The molecule has 1 aliphatic carbocycles. The number of hydrogen-bond donors (Lipinski definition) is 0. The summed E-state index contributed by atoms with van der Waals surface area (Å²) < 4.78 is 37.8. The van der Waals surface area contributed by atoms with Crippen molar-refractivity contribution in [3.63, 3.8) is 0 Å². The number of alkyl halides is 3. The highest BCUT2D eigenvalue weighted by Gasteiger charge is 2.35. The summed E-state index contributed by atoms with van der Waals surface area (Å²) in [6.45, 7) is -0.443. The van der Waals surface area contributed by atoms with Crippen LogP contribution in [0, 0.1) is 16.0 Å². The molecular formula is C15H16F3NO3. The molecule has 4 nitrogen and oxygen atoms in total. The predicted molar refractivity (Wildman–Crippen MR) is 73.0 cm³/mol. The van der Waals surface area contributed by atoms with Gasteiger partial charge in [-0.25, -0.2) is 0 Å². The van der Waals surface area contributed by atoms with Crippen LogP contribution >= 0.6 is 0 Å². The zero-order valence-corrected chi connectivity index (χ0v) is 11.8. The number of carbonyl (C=O) groups excluding carboxylic acids is 1. The van der Waals surface area contributed by atoms with Gasteiger partial charge in [0.15, 0.2) is 0 Å². The SMILES string of the molecule is O=C1CCCC[C@H]1[C@@H](C[N+](=O)[O-])c1ccc(C(F)(F)F)cc1. The Bertz CT molecular complexity index is 554. The average molecular weight is 315 g/mol. The van der Waals surface area contributed by atoms with Gasteiger partial charge in [-0.3, -0.25) is 14.9 Å². The van der Waals surface area contributed by atoms with Crippen molar-refractivity contribution >= 4 is 5.78 Å². The van der Waals surface area contributed by atoms with Gasteiger partial charge in [0.25, 0.3) is 0 Å². The number of halogens is 3. The van der Waals surface area contributed by atoms with Crippen LogP contribution in [0.4, 0.5) is 13.2 Å². The zero-order valence-electron chi connectivity index (χ0n) is 11.8. The number of ketones is 1. The summed E-state index contributed by atoms with van der Waals surface area (Å²) in [7, 11) is 0. The zero-order chi connectivity index (χ0) is 16.3. The van der Waals surface area contributed by atoms with E-state index in [9.17, 15) is 28.1 Å². The van der Waals surface area contributed by atoms with Gasteiger partial charge in [0.1, 0.15) is 5.78 Å². The highest BCUT2D eigenvalue weighted by Crippen LogP contribution is 2.36. The third-order valence-corrected chi connectivity index (χ3v) is 4.10. The highest BCUT2D eigenvalue weighted by atomic mass is 19.4. The number of hydrogen-bond acceptors (Lipinski definition) is 3. The van der Waals surface area contributed by atoms with E-state index in [0.717, 1.165) is 25.0 Å². The Kier molecular flexibility index (Phi) is 4.83. The van der Waals surface area contributed by atoms with Crippen molar-refractivity contribution in [2.45, 2.75) is 37.8 Å². The fraction of sp³-hybridized carbons (Fsp3) is 0.533. The first-order valence-electron chi connectivity index (χ1n) is 7.10. The maximum Gasteiger partial charge on any atom is 0.416 e. The largest absolute Gasteiger partial charge is 0.416 e. The molecule has 1 saturated carbocycles. The summed E-state index contributed by atoms with van der Waals surface area (Å²) in [5, 5.41) is 10.9. The van der Waals surface area contributed by atoms with Gasteiger partial charge in [-0.05, 0) is 30.5 Å². The molecule has 2 rings (SSSR count). The van der Waals surface area contributed by atoms with E-state index in [0.29, 0.717) is 18.4 Å². The van der Waals surface area contributed by atoms with Crippen LogP contribution in [0.1, 0.15) is 42.7 Å². The molecule has 0 heterocycles. The molecular weight excluding hydrogens is 299 g/mol. The predicted octanol–water partition coefficient (Wildman–Crippen LogP) is 3.83. The fourth-order valence-electron chi connectivity index (χ4n) is 2.98. The van der Waals surface area contributed by atoms with Crippen molar-refractivity contribution in [2.75, 3.05) is 6.54 Å². The van der Waals surface area contributed by atoms with Crippen molar-refractivity contribution < 1.29 is 22.9 Å². The van der Waals surface area contributed by atoms with E-state index >= 15 is 0 Å². The maximum absolute atomic E-state index is 12.6. The van der Waals surface area contributed by atoms with Crippen molar-refractivity contribution in [1.82, 2.24) is 0 Å². The van der Waals surface area contributed by atoms with E-state index in [2.05, 4.69) is 0 Å². The van der Waals surface area contributed by atoms with Crippen LogP contribution in [0.3, 0.4) is 0 Å². The molecule has 1 aliphatic rings. The number of nitro groups is 1. The van der Waals surface area contributed by atoms with Crippen LogP contribution in [0.25, 0.3) is 0 Å². The summed E-state index contributed by atoms with van der Waals surface area (Å²) in [5.41, 5.74) is -0.379. The minimum absolute atomic E-state index is 0.0296. The summed E-state index contributed by atoms with van der Waals surface area (Å²) in [6, 6.07) is 4.32. The lowest BCUT2D eigenvalue weighted by molar-refractivity contribution is -0.484. The second-order valence-electron chi connectivity index (χ2n) is 5.56. The number of rotatable bonds is 4. The van der Waals surface area contributed by atoms with Crippen molar-refractivity contribution in [2.24, 2.45) is 5.92 Å². The Morgan fingerprint density at radius 3 is 2.36 bits per heavy atom. The normalized spacial score (nSPS) is 20.7. The number of nitrogens with zero attached hydrogens (tertiary/aromatic N) is 1. The van der Waals surface area contributed by atoms with Gasteiger partial charge >= 0.3 is 6.18 Å². The Morgan fingerprint density at radius 1 is 1.23 bits per heavy atom. The third-order valence-electron chi connectivity index (χ3n) is 4.10. The molecule has 0 saturated heterocycles. The summed E-state index contributed by atoms with van der Waals surface area (Å²) >= 11 is 0. The molecule has 120 valence electrons. The Morgan fingerprint density at radius 2 is 1.86 bits per heavy atom. The van der Waals surface area contributed by atoms with Crippen LogP contribution in [0.15, 0.2) is 24.3 Å². The Labute approximate surface area is 125 Å². The molecule has 0 spiro atoms.